The summed E-state index contributed by atoms with van der Waals surface area (Å²) in [5.74, 6) is -0.910. The van der Waals surface area contributed by atoms with Crippen LogP contribution >= 0.6 is 0 Å². The van der Waals surface area contributed by atoms with Gasteiger partial charge in [-0.15, -0.1) is 0 Å². The van der Waals surface area contributed by atoms with E-state index in [1.54, 1.807) is 13.8 Å². The van der Waals surface area contributed by atoms with Gasteiger partial charge in [-0.1, -0.05) is 13.8 Å². The lowest BCUT2D eigenvalue weighted by atomic mass is 10.1. The van der Waals surface area contributed by atoms with Crippen LogP contribution in [-0.4, -0.2) is 40.2 Å². The summed E-state index contributed by atoms with van der Waals surface area (Å²) in [4.78, 5) is 10.0. The number of aliphatic carboxylic acids is 1. The van der Waals surface area contributed by atoms with Gasteiger partial charge in [0.25, 0.3) is 0 Å². The fourth-order valence-corrected chi connectivity index (χ4v) is 0.285. The molecule has 0 aliphatic rings. The molecule has 0 spiro atoms. The van der Waals surface area contributed by atoms with Gasteiger partial charge in [-0.3, -0.25) is 4.79 Å². The molecule has 0 aromatic carbocycles. The highest BCUT2D eigenvalue weighted by Gasteiger charge is 2.14. The minimum absolute atomic E-state index is 0. The van der Waals surface area contributed by atoms with Crippen LogP contribution in [0.1, 0.15) is 13.8 Å². The van der Waals surface area contributed by atoms with Crippen molar-refractivity contribution < 1.29 is 9.90 Å². The first-order chi connectivity index (χ1) is 3.55. The number of hydrogen-bond donors (Lipinski definition) is 2. The Hall–Kier alpha value is 0.196. The summed E-state index contributed by atoms with van der Waals surface area (Å²) < 4.78 is 0. The van der Waals surface area contributed by atoms with Crippen molar-refractivity contribution in [3.8, 4) is 0 Å². The van der Waals surface area contributed by atoms with E-state index in [1.165, 1.54) is 0 Å². The van der Waals surface area contributed by atoms with E-state index in [2.05, 4.69) is 0 Å². The Morgan fingerprint density at radius 1 is 1.56 bits per heavy atom. The first kappa shape index (κ1) is 11.9. The van der Waals surface area contributed by atoms with Crippen molar-refractivity contribution in [3.05, 3.63) is 0 Å². The molecular formula is C5H13MgNO2. The maximum Gasteiger partial charge on any atom is 0.320 e. The zero-order valence-electron chi connectivity index (χ0n) is 5.09. The number of nitrogens with two attached hydrogens (primary N) is 1. The van der Waals surface area contributed by atoms with Crippen molar-refractivity contribution in [3.63, 3.8) is 0 Å². The first-order valence-electron chi connectivity index (χ1n) is 2.54. The van der Waals surface area contributed by atoms with E-state index in [9.17, 15) is 4.79 Å². The van der Waals surface area contributed by atoms with Gasteiger partial charge in [0.05, 0.1) is 0 Å². The van der Waals surface area contributed by atoms with Crippen LogP contribution in [0.2, 0.25) is 0 Å². The van der Waals surface area contributed by atoms with Crippen LogP contribution in [0.4, 0.5) is 0 Å². The van der Waals surface area contributed by atoms with E-state index in [-0.39, 0.29) is 29.0 Å². The minimum Gasteiger partial charge on any atom is -0.480 e. The molecule has 0 aromatic rings. The fraction of sp³-hybridized carbons (Fsp3) is 0.800. The van der Waals surface area contributed by atoms with E-state index < -0.39 is 12.0 Å². The molecule has 0 radical (unpaired) electrons. The van der Waals surface area contributed by atoms with Crippen LogP contribution in [0.5, 0.6) is 0 Å². The van der Waals surface area contributed by atoms with Gasteiger partial charge < -0.3 is 10.8 Å². The number of hydrogen-bond acceptors (Lipinski definition) is 2. The third-order valence-corrected chi connectivity index (χ3v) is 1.00. The van der Waals surface area contributed by atoms with Crippen molar-refractivity contribution in [2.45, 2.75) is 19.9 Å². The van der Waals surface area contributed by atoms with Gasteiger partial charge in [-0.05, 0) is 5.92 Å². The largest absolute Gasteiger partial charge is 0.480 e. The average molecular weight is 143 g/mol. The van der Waals surface area contributed by atoms with E-state index in [0.29, 0.717) is 0 Å². The van der Waals surface area contributed by atoms with Crippen LogP contribution in [0, 0.1) is 5.92 Å². The lowest BCUT2D eigenvalue weighted by molar-refractivity contribution is -0.139. The third kappa shape index (κ3) is 4.68. The van der Waals surface area contributed by atoms with Crippen LogP contribution in [-0.2, 0) is 4.79 Å². The van der Waals surface area contributed by atoms with Gasteiger partial charge in [0.15, 0.2) is 0 Å². The van der Waals surface area contributed by atoms with Crippen LogP contribution in [0.25, 0.3) is 0 Å². The van der Waals surface area contributed by atoms with Crippen molar-refractivity contribution in [2.75, 3.05) is 0 Å². The standard InChI is InChI=1S/C5H11NO2.Mg.2H/c1-3(2)4(6)5(7)8;;;/h3-4H,6H2,1-2H3,(H,7,8);;;/t4-;;;/m0.../s1. The monoisotopic (exact) mass is 143 g/mol. The molecule has 52 valence electrons. The second kappa shape index (κ2) is 5.02. The Labute approximate surface area is 70.8 Å². The number of carboxylic acid groups (broad SMARTS) is 1. The summed E-state index contributed by atoms with van der Waals surface area (Å²) in [5.41, 5.74) is 5.16. The molecule has 0 aliphatic carbocycles. The Morgan fingerprint density at radius 3 is 1.89 bits per heavy atom. The highest BCUT2D eigenvalue weighted by Crippen LogP contribution is 1.96. The molecule has 3 N–H and O–H groups in total. The third-order valence-electron chi connectivity index (χ3n) is 1.00. The molecule has 0 aliphatic heterocycles. The molecule has 0 saturated heterocycles. The normalized spacial score (nSPS) is 12.4. The Balaban J connectivity index is 0. The summed E-state index contributed by atoms with van der Waals surface area (Å²) in [6.07, 6.45) is 0. The maximum atomic E-state index is 10.0. The molecule has 0 saturated carbocycles. The summed E-state index contributed by atoms with van der Waals surface area (Å²) in [7, 11) is 0. The van der Waals surface area contributed by atoms with Gasteiger partial charge in [-0.2, -0.15) is 0 Å². The van der Waals surface area contributed by atoms with Gasteiger partial charge in [0.1, 0.15) is 6.04 Å². The Morgan fingerprint density at radius 2 is 1.89 bits per heavy atom. The van der Waals surface area contributed by atoms with E-state index >= 15 is 0 Å². The quantitative estimate of drug-likeness (QED) is 0.495. The van der Waals surface area contributed by atoms with E-state index in [4.69, 9.17) is 10.8 Å². The zero-order chi connectivity index (χ0) is 6.73. The van der Waals surface area contributed by atoms with Gasteiger partial charge in [0, 0.05) is 0 Å². The van der Waals surface area contributed by atoms with Gasteiger partial charge >= 0.3 is 29.0 Å². The maximum absolute atomic E-state index is 10.0. The van der Waals surface area contributed by atoms with Crippen LogP contribution < -0.4 is 5.73 Å². The minimum atomic E-state index is -0.931. The Kier molecular flexibility index (Phi) is 6.65. The molecule has 0 heterocycles. The molecule has 9 heavy (non-hydrogen) atoms. The molecule has 0 fully saturated rings. The molecule has 3 nitrogen and oxygen atoms in total. The molecule has 0 amide bonds. The highest BCUT2D eigenvalue weighted by molar-refractivity contribution is 5.75. The van der Waals surface area contributed by atoms with Crippen molar-refractivity contribution in [1.29, 1.82) is 0 Å². The zero-order valence-corrected chi connectivity index (χ0v) is 5.09. The number of rotatable bonds is 2. The molecule has 0 rings (SSSR count). The lowest BCUT2D eigenvalue weighted by Crippen LogP contribution is -2.34. The predicted molar refractivity (Wildman–Crippen MR) is 39.0 cm³/mol. The van der Waals surface area contributed by atoms with Gasteiger partial charge in [0.2, 0.25) is 0 Å². The van der Waals surface area contributed by atoms with E-state index in [0.717, 1.165) is 0 Å². The number of carbonyl (C=O) groups is 1. The second-order valence-corrected chi connectivity index (χ2v) is 2.11. The van der Waals surface area contributed by atoms with Gasteiger partial charge in [-0.25, -0.2) is 0 Å². The smallest absolute Gasteiger partial charge is 0.320 e. The second-order valence-electron chi connectivity index (χ2n) is 2.11. The molecule has 4 heteroatoms. The first-order valence-corrected chi connectivity index (χ1v) is 2.54. The van der Waals surface area contributed by atoms with Crippen LogP contribution in [0.3, 0.4) is 0 Å². The SMILES string of the molecule is CC(C)[C@H](N)C(=O)O.[MgH2]. The predicted octanol–water partition coefficient (Wildman–Crippen LogP) is -0.862. The van der Waals surface area contributed by atoms with Crippen LogP contribution in [0.15, 0.2) is 0 Å². The highest BCUT2D eigenvalue weighted by atomic mass is 24.3. The lowest BCUT2D eigenvalue weighted by Gasteiger charge is -2.07. The van der Waals surface area contributed by atoms with Crippen molar-refractivity contribution in [2.24, 2.45) is 11.7 Å². The van der Waals surface area contributed by atoms with E-state index in [1.807, 2.05) is 0 Å². The summed E-state index contributed by atoms with van der Waals surface area (Å²) in [6.45, 7) is 3.55. The molecular weight excluding hydrogens is 130 g/mol. The fourth-order valence-electron chi connectivity index (χ4n) is 0.285. The summed E-state index contributed by atoms with van der Waals surface area (Å²) in [6, 6.07) is -0.713. The summed E-state index contributed by atoms with van der Waals surface area (Å²) in [5, 5.41) is 8.23. The summed E-state index contributed by atoms with van der Waals surface area (Å²) >= 11 is 0. The molecule has 0 aromatic heterocycles. The molecule has 0 bridgehead atoms. The van der Waals surface area contributed by atoms with Crippen molar-refractivity contribution in [1.82, 2.24) is 0 Å². The molecule has 1 atom stereocenters. The average Bonchev–Trinajstić information content (AvgIpc) is 1.64. The topological polar surface area (TPSA) is 63.3 Å². The molecule has 0 unspecified atom stereocenters. The Bertz CT molecular complexity index is 95.0. The number of carboxylic acids is 1. The van der Waals surface area contributed by atoms with Crippen molar-refractivity contribution >= 4 is 29.0 Å².